The number of hydrogen-bond donors (Lipinski definition) is 1. The van der Waals surface area contributed by atoms with Gasteiger partial charge in [0.2, 0.25) is 0 Å². The molecular weight excluding hydrogens is 141 g/mol. The van der Waals surface area contributed by atoms with Gasteiger partial charge < -0.3 is 5.21 Å². The Balaban J connectivity index is 2.85. The predicted octanol–water partition coefficient (Wildman–Crippen LogP) is 1.70. The Morgan fingerprint density at radius 3 is 3.00 bits per heavy atom. The van der Waals surface area contributed by atoms with Crippen LogP contribution in [0.1, 0.15) is 5.56 Å². The van der Waals surface area contributed by atoms with Gasteiger partial charge in [-0.05, 0) is 6.07 Å². The van der Waals surface area contributed by atoms with Gasteiger partial charge in [-0.2, -0.15) is 4.39 Å². The van der Waals surface area contributed by atoms with Crippen LogP contribution in [0.4, 0.5) is 4.39 Å². The summed E-state index contributed by atoms with van der Waals surface area (Å²) < 4.78 is 12.1. The molecule has 0 atom stereocenters. The Bertz CT molecular complexity index is 220. The lowest BCUT2D eigenvalue weighted by atomic mass is 10.4. The van der Waals surface area contributed by atoms with E-state index >= 15 is 0 Å². The van der Waals surface area contributed by atoms with Crippen molar-refractivity contribution in [3.8, 4) is 0 Å². The molecule has 0 radical (unpaired) electrons. The van der Waals surface area contributed by atoms with E-state index in [0.717, 1.165) is 11.3 Å². The zero-order valence-electron chi connectivity index (χ0n) is 4.41. The largest absolute Gasteiger partial charge is 0.411 e. The van der Waals surface area contributed by atoms with Gasteiger partial charge in [0.05, 0.1) is 6.21 Å². The summed E-state index contributed by atoms with van der Waals surface area (Å²) in [6, 6.07) is 1.30. The van der Waals surface area contributed by atoms with E-state index < -0.39 is 0 Å². The van der Waals surface area contributed by atoms with E-state index in [9.17, 15) is 4.39 Å². The standard InChI is InChI=1S/C5H4FNOS/c6-5-1-4(2-7-8)3-9-5/h1-3,8H/b7-2+. The highest BCUT2D eigenvalue weighted by atomic mass is 32.1. The highest BCUT2D eigenvalue weighted by Gasteiger charge is 1.93. The number of halogens is 1. The molecule has 4 heteroatoms. The molecule has 0 aromatic carbocycles. The fourth-order valence-corrected chi connectivity index (χ4v) is 1.04. The zero-order valence-corrected chi connectivity index (χ0v) is 5.23. The van der Waals surface area contributed by atoms with E-state index in [0.29, 0.717) is 5.56 Å². The van der Waals surface area contributed by atoms with Crippen molar-refractivity contribution in [3.63, 3.8) is 0 Å². The van der Waals surface area contributed by atoms with Crippen molar-refractivity contribution < 1.29 is 9.60 Å². The third-order valence-electron chi connectivity index (χ3n) is 0.795. The zero-order chi connectivity index (χ0) is 6.69. The quantitative estimate of drug-likeness (QED) is 0.364. The summed E-state index contributed by atoms with van der Waals surface area (Å²) in [4.78, 5) is 0. The number of rotatable bonds is 1. The second kappa shape index (κ2) is 2.59. The topological polar surface area (TPSA) is 32.6 Å². The van der Waals surface area contributed by atoms with Crippen LogP contribution in [0.2, 0.25) is 0 Å². The Morgan fingerprint density at radius 1 is 1.78 bits per heavy atom. The first-order valence-electron chi connectivity index (χ1n) is 2.24. The van der Waals surface area contributed by atoms with Crippen LogP contribution in [-0.2, 0) is 0 Å². The lowest BCUT2D eigenvalue weighted by Gasteiger charge is -1.73. The van der Waals surface area contributed by atoms with E-state index in [1.807, 2.05) is 0 Å². The first-order chi connectivity index (χ1) is 4.33. The molecule has 0 unspecified atom stereocenters. The van der Waals surface area contributed by atoms with Gasteiger partial charge in [-0.15, -0.1) is 11.3 Å². The average molecular weight is 145 g/mol. The van der Waals surface area contributed by atoms with E-state index in [2.05, 4.69) is 5.16 Å². The molecule has 0 aliphatic carbocycles. The van der Waals surface area contributed by atoms with Crippen LogP contribution in [0.25, 0.3) is 0 Å². The first kappa shape index (κ1) is 6.22. The highest BCUT2D eigenvalue weighted by molar-refractivity contribution is 7.08. The van der Waals surface area contributed by atoms with Gasteiger partial charge in [-0.1, -0.05) is 5.16 Å². The van der Waals surface area contributed by atoms with Crippen LogP contribution in [0.15, 0.2) is 16.6 Å². The molecule has 1 aromatic rings. The van der Waals surface area contributed by atoms with E-state index in [1.54, 1.807) is 5.38 Å². The Kier molecular flexibility index (Phi) is 1.79. The van der Waals surface area contributed by atoms with E-state index in [-0.39, 0.29) is 5.13 Å². The summed E-state index contributed by atoms with van der Waals surface area (Å²) in [5.74, 6) is 0. The molecule has 0 bridgehead atoms. The van der Waals surface area contributed by atoms with Crippen LogP contribution in [0.3, 0.4) is 0 Å². The van der Waals surface area contributed by atoms with E-state index in [1.165, 1.54) is 12.3 Å². The number of hydrogen-bond acceptors (Lipinski definition) is 3. The van der Waals surface area contributed by atoms with Crippen molar-refractivity contribution in [2.45, 2.75) is 0 Å². The monoisotopic (exact) mass is 145 g/mol. The summed E-state index contributed by atoms with van der Waals surface area (Å²) in [5.41, 5.74) is 0.583. The lowest BCUT2D eigenvalue weighted by molar-refractivity contribution is 0.322. The van der Waals surface area contributed by atoms with Gasteiger partial charge in [0.25, 0.3) is 0 Å². The fraction of sp³-hybridized carbons (Fsp3) is 0. The first-order valence-corrected chi connectivity index (χ1v) is 3.12. The molecule has 0 saturated carbocycles. The smallest absolute Gasteiger partial charge is 0.177 e. The highest BCUT2D eigenvalue weighted by Crippen LogP contribution is 2.09. The van der Waals surface area contributed by atoms with Crippen LogP contribution >= 0.6 is 11.3 Å². The maximum Gasteiger partial charge on any atom is 0.177 e. The predicted molar refractivity (Wildman–Crippen MR) is 33.7 cm³/mol. The lowest BCUT2D eigenvalue weighted by Crippen LogP contribution is -1.71. The molecule has 0 amide bonds. The van der Waals surface area contributed by atoms with Crippen molar-refractivity contribution in [2.24, 2.45) is 5.16 Å². The summed E-state index contributed by atoms with van der Waals surface area (Å²) in [6.45, 7) is 0. The molecule has 0 fully saturated rings. The molecule has 1 aromatic heterocycles. The van der Waals surface area contributed by atoms with Gasteiger partial charge in [0, 0.05) is 10.9 Å². The van der Waals surface area contributed by atoms with Gasteiger partial charge in [0.1, 0.15) is 0 Å². The van der Waals surface area contributed by atoms with E-state index in [4.69, 9.17) is 5.21 Å². The summed E-state index contributed by atoms with van der Waals surface area (Å²) >= 11 is 0.975. The van der Waals surface area contributed by atoms with Gasteiger partial charge >= 0.3 is 0 Å². The molecule has 9 heavy (non-hydrogen) atoms. The van der Waals surface area contributed by atoms with Crippen molar-refractivity contribution in [1.82, 2.24) is 0 Å². The fourth-order valence-electron chi connectivity index (χ4n) is 0.458. The Hall–Kier alpha value is -0.900. The molecule has 0 aliphatic heterocycles. The van der Waals surface area contributed by atoms with Gasteiger partial charge in [0.15, 0.2) is 5.13 Å². The van der Waals surface area contributed by atoms with Gasteiger partial charge in [-0.25, -0.2) is 0 Å². The second-order valence-electron chi connectivity index (χ2n) is 1.43. The second-order valence-corrected chi connectivity index (χ2v) is 2.29. The number of thiophene rings is 1. The van der Waals surface area contributed by atoms with Crippen molar-refractivity contribution in [3.05, 3.63) is 22.1 Å². The number of nitrogens with zero attached hydrogens (tertiary/aromatic N) is 1. The molecule has 1 N–H and O–H groups in total. The van der Waals surface area contributed by atoms with Crippen LogP contribution in [0, 0.1) is 5.13 Å². The molecule has 2 nitrogen and oxygen atoms in total. The third kappa shape index (κ3) is 1.50. The third-order valence-corrected chi connectivity index (χ3v) is 1.53. The molecule has 48 valence electrons. The van der Waals surface area contributed by atoms with Crippen molar-refractivity contribution in [2.75, 3.05) is 0 Å². The average Bonchev–Trinajstić information content (AvgIpc) is 2.17. The summed E-state index contributed by atoms with van der Waals surface area (Å²) in [6.07, 6.45) is 1.18. The maximum atomic E-state index is 12.1. The molecule has 0 spiro atoms. The SMILES string of the molecule is O/N=C/c1csc(F)c1. The molecule has 0 saturated heterocycles. The van der Waals surface area contributed by atoms with Crippen LogP contribution < -0.4 is 0 Å². The minimum absolute atomic E-state index is 0.273. The number of oxime groups is 1. The molecule has 0 aliphatic rings. The van der Waals surface area contributed by atoms with Gasteiger partial charge in [-0.3, -0.25) is 0 Å². The molecule has 1 rings (SSSR count). The summed E-state index contributed by atoms with van der Waals surface area (Å²) in [5, 5.41) is 12.0. The van der Waals surface area contributed by atoms with Crippen LogP contribution in [0.5, 0.6) is 0 Å². The Morgan fingerprint density at radius 2 is 2.56 bits per heavy atom. The van der Waals surface area contributed by atoms with Crippen LogP contribution in [-0.4, -0.2) is 11.4 Å². The molecular formula is C5H4FNOS. The maximum absolute atomic E-state index is 12.1. The summed E-state index contributed by atoms with van der Waals surface area (Å²) in [7, 11) is 0. The van der Waals surface area contributed by atoms with Crippen molar-refractivity contribution in [1.29, 1.82) is 0 Å². The minimum atomic E-state index is -0.273. The van der Waals surface area contributed by atoms with Crippen molar-refractivity contribution >= 4 is 17.6 Å². The Labute approximate surface area is 55.2 Å². The minimum Gasteiger partial charge on any atom is -0.411 e. The molecule has 1 heterocycles. The normalized spacial score (nSPS) is 10.8.